The fraction of sp³-hybridized carbons (Fsp3) is 0.0847. The molecule has 0 fully saturated rings. The maximum atomic E-state index is 6.96. The molecule has 12 rings (SSSR count). The van der Waals surface area contributed by atoms with Gasteiger partial charge in [0.1, 0.15) is 17.1 Å². The molecule has 3 aromatic heterocycles. The van der Waals surface area contributed by atoms with E-state index in [-0.39, 0.29) is 5.92 Å². The Bertz CT molecular complexity index is 3440. The number of nitrogens with zero attached hydrogens (tertiary/aromatic N) is 3. The monoisotopic (exact) mass is 825 g/mol. The molecule has 4 heterocycles. The maximum Gasteiger partial charge on any atom is 0.160 e. The van der Waals surface area contributed by atoms with E-state index in [0.29, 0.717) is 12.4 Å². The minimum Gasteiger partial charge on any atom is -0.492 e. The van der Waals surface area contributed by atoms with Gasteiger partial charge in [-0.25, -0.2) is 9.97 Å². The number of ether oxygens (including phenoxy) is 1. The standard InChI is InChI=1S/C59H43N3O2/c1-38-37-63-55-29-17-15-26-46(55)48(38)35-45-32-43-30-31-54-56(58(43)64-45)47-27-14-16-28-53(47)62(54)57-49(39-18-6-2-7-19-39)33-44(34-50(57)40-20-8-3-9-21-40)59-60-51(41-22-10-4-11-23-41)36-52(61-59)42-24-12-5-13-25-42/h2-4,6-12,14-36,38H,5,13,37H2,1H3/b48-35+/t38-/m1/s1. The van der Waals surface area contributed by atoms with Gasteiger partial charge in [0, 0.05) is 44.5 Å². The highest BCUT2D eigenvalue weighted by molar-refractivity contribution is 6.20. The summed E-state index contributed by atoms with van der Waals surface area (Å²) >= 11 is 0. The molecule has 10 aromatic rings. The van der Waals surface area contributed by atoms with Gasteiger partial charge in [0.2, 0.25) is 0 Å². The van der Waals surface area contributed by atoms with Gasteiger partial charge in [0.05, 0.1) is 40.1 Å². The van der Waals surface area contributed by atoms with E-state index in [1.54, 1.807) is 0 Å². The van der Waals surface area contributed by atoms with Gasteiger partial charge < -0.3 is 13.7 Å². The molecular formula is C59H43N3O2. The molecule has 0 spiro atoms. The molecule has 0 N–H and O–H groups in total. The first kappa shape index (κ1) is 37.7. The Morgan fingerprint density at radius 3 is 2.00 bits per heavy atom. The Kier molecular flexibility index (Phi) is 9.26. The second-order valence-corrected chi connectivity index (χ2v) is 16.8. The number of para-hydroxylation sites is 2. The topological polar surface area (TPSA) is 53.1 Å². The van der Waals surface area contributed by atoms with E-state index in [1.165, 1.54) is 5.57 Å². The Morgan fingerprint density at radius 1 is 0.594 bits per heavy atom. The fourth-order valence-electron chi connectivity index (χ4n) is 9.62. The highest BCUT2D eigenvalue weighted by Gasteiger charge is 2.26. The quantitative estimate of drug-likeness (QED) is 0.161. The summed E-state index contributed by atoms with van der Waals surface area (Å²) in [5, 5.41) is 3.27. The van der Waals surface area contributed by atoms with Crippen LogP contribution in [0.2, 0.25) is 0 Å². The zero-order valence-corrected chi connectivity index (χ0v) is 35.4. The molecule has 306 valence electrons. The van der Waals surface area contributed by atoms with Crippen LogP contribution in [0.3, 0.4) is 0 Å². The minimum absolute atomic E-state index is 0.222. The van der Waals surface area contributed by atoms with Crippen molar-refractivity contribution in [3.8, 4) is 56.3 Å². The zero-order valence-electron chi connectivity index (χ0n) is 35.4. The van der Waals surface area contributed by atoms with E-state index < -0.39 is 0 Å². The average Bonchev–Trinajstić information content (AvgIpc) is 3.94. The highest BCUT2D eigenvalue weighted by Crippen LogP contribution is 2.46. The van der Waals surface area contributed by atoms with Crippen molar-refractivity contribution in [2.75, 3.05) is 6.61 Å². The second-order valence-electron chi connectivity index (χ2n) is 16.8. The molecule has 5 nitrogen and oxygen atoms in total. The van der Waals surface area contributed by atoms with Gasteiger partial charge in [-0.05, 0) is 89.7 Å². The number of hydrogen-bond acceptors (Lipinski definition) is 4. The minimum atomic E-state index is 0.222. The number of allylic oxidation sites excluding steroid dienone is 4. The number of aromatic nitrogens is 3. The Labute approximate surface area is 372 Å². The molecule has 1 aliphatic carbocycles. The van der Waals surface area contributed by atoms with E-state index in [4.69, 9.17) is 19.1 Å². The van der Waals surface area contributed by atoms with E-state index in [1.807, 2.05) is 18.2 Å². The van der Waals surface area contributed by atoms with Crippen LogP contribution in [-0.2, 0) is 0 Å². The van der Waals surface area contributed by atoms with Crippen molar-refractivity contribution in [3.05, 3.63) is 211 Å². The van der Waals surface area contributed by atoms with Crippen LogP contribution in [0.15, 0.2) is 199 Å². The van der Waals surface area contributed by atoms with Gasteiger partial charge >= 0.3 is 0 Å². The largest absolute Gasteiger partial charge is 0.492 e. The van der Waals surface area contributed by atoms with Crippen molar-refractivity contribution < 1.29 is 9.15 Å². The number of benzene rings is 7. The predicted octanol–water partition coefficient (Wildman–Crippen LogP) is 15.3. The van der Waals surface area contributed by atoms with Crippen molar-refractivity contribution >= 4 is 50.0 Å². The summed E-state index contributed by atoms with van der Waals surface area (Å²) in [5.41, 5.74) is 15.7. The van der Waals surface area contributed by atoms with Crippen LogP contribution in [0.5, 0.6) is 5.75 Å². The zero-order chi connectivity index (χ0) is 42.6. The molecule has 64 heavy (non-hydrogen) atoms. The first-order valence-electron chi connectivity index (χ1n) is 22.2. The van der Waals surface area contributed by atoms with Crippen LogP contribution in [0.4, 0.5) is 0 Å². The fourth-order valence-corrected chi connectivity index (χ4v) is 9.62. The Hall–Kier alpha value is -8.02. The van der Waals surface area contributed by atoms with Gasteiger partial charge in [0.25, 0.3) is 0 Å². The lowest BCUT2D eigenvalue weighted by Crippen LogP contribution is -2.16. The summed E-state index contributed by atoms with van der Waals surface area (Å²) in [6, 6.07) is 62.2. The summed E-state index contributed by atoms with van der Waals surface area (Å²) in [7, 11) is 0. The molecule has 1 aliphatic heterocycles. The number of fused-ring (bicyclic) bond motifs is 6. The summed E-state index contributed by atoms with van der Waals surface area (Å²) in [4.78, 5) is 10.7. The lowest BCUT2D eigenvalue weighted by atomic mass is 9.91. The molecule has 0 saturated heterocycles. The third kappa shape index (κ3) is 6.56. The number of rotatable bonds is 7. The van der Waals surface area contributed by atoms with Crippen LogP contribution in [0.1, 0.15) is 36.8 Å². The van der Waals surface area contributed by atoms with Crippen molar-refractivity contribution in [2.45, 2.75) is 19.8 Å². The number of hydrogen-bond donors (Lipinski definition) is 0. The summed E-state index contributed by atoms with van der Waals surface area (Å²) in [6.45, 7) is 2.85. The molecule has 2 aliphatic rings. The molecule has 0 unspecified atom stereocenters. The maximum absolute atomic E-state index is 6.96. The van der Waals surface area contributed by atoms with Gasteiger partial charge in [-0.3, -0.25) is 0 Å². The van der Waals surface area contributed by atoms with Crippen LogP contribution >= 0.6 is 0 Å². The van der Waals surface area contributed by atoms with Gasteiger partial charge in [-0.1, -0.05) is 153 Å². The van der Waals surface area contributed by atoms with Crippen LogP contribution < -0.4 is 4.74 Å². The normalized spacial score (nSPS) is 15.4. The summed E-state index contributed by atoms with van der Waals surface area (Å²) < 4.78 is 15.5. The van der Waals surface area contributed by atoms with Crippen molar-refractivity contribution in [2.24, 2.45) is 5.92 Å². The van der Waals surface area contributed by atoms with Gasteiger partial charge in [0.15, 0.2) is 5.82 Å². The van der Waals surface area contributed by atoms with Gasteiger partial charge in [-0.2, -0.15) is 0 Å². The third-order valence-corrected chi connectivity index (χ3v) is 12.7. The SMILES string of the molecule is C[C@@H]1COc2ccccc2/C1=C/c1cc2ccc3c(c4ccccc4n3-c3c(-c4ccccc4)cc(-c4nc(C5=CCCC=C5)cc(-c5ccccc5)n4)cc3-c3ccccc3)c2o1. The molecule has 0 amide bonds. The Morgan fingerprint density at radius 2 is 1.27 bits per heavy atom. The molecule has 0 saturated carbocycles. The predicted molar refractivity (Wildman–Crippen MR) is 263 cm³/mol. The van der Waals surface area contributed by atoms with Crippen molar-refractivity contribution in [3.63, 3.8) is 0 Å². The van der Waals surface area contributed by atoms with Crippen molar-refractivity contribution in [1.29, 1.82) is 0 Å². The molecule has 1 atom stereocenters. The number of furan rings is 1. The first-order valence-corrected chi connectivity index (χ1v) is 22.2. The van der Waals surface area contributed by atoms with Crippen LogP contribution in [0.25, 0.3) is 101 Å². The van der Waals surface area contributed by atoms with E-state index in [9.17, 15) is 0 Å². The first-order chi connectivity index (χ1) is 31.6. The van der Waals surface area contributed by atoms with Crippen LogP contribution in [-0.4, -0.2) is 21.1 Å². The molecule has 7 aromatic carbocycles. The summed E-state index contributed by atoms with van der Waals surface area (Å²) in [5.74, 6) is 2.64. The van der Waals surface area contributed by atoms with Crippen LogP contribution in [0, 0.1) is 5.92 Å². The third-order valence-electron chi connectivity index (χ3n) is 12.7. The lowest BCUT2D eigenvalue weighted by molar-refractivity contribution is 0.276. The smallest absolute Gasteiger partial charge is 0.160 e. The molecule has 0 radical (unpaired) electrons. The second kappa shape index (κ2) is 15.7. The van der Waals surface area contributed by atoms with E-state index in [0.717, 1.165) is 119 Å². The Balaban J connectivity index is 1.13. The van der Waals surface area contributed by atoms with Crippen molar-refractivity contribution in [1.82, 2.24) is 14.5 Å². The van der Waals surface area contributed by atoms with Gasteiger partial charge in [-0.15, -0.1) is 0 Å². The highest BCUT2D eigenvalue weighted by atomic mass is 16.5. The lowest BCUT2D eigenvalue weighted by Gasteiger charge is -2.25. The summed E-state index contributed by atoms with van der Waals surface area (Å²) in [6.07, 6.45) is 11.0. The van der Waals surface area contributed by atoms with E-state index >= 15 is 0 Å². The van der Waals surface area contributed by atoms with E-state index in [2.05, 4.69) is 194 Å². The molecule has 0 bridgehead atoms. The molecular weight excluding hydrogens is 783 g/mol. The average molecular weight is 826 g/mol. The molecule has 5 heteroatoms.